The van der Waals surface area contributed by atoms with E-state index in [1.165, 1.54) is 70.6 Å². The molecule has 0 aromatic carbocycles. The molecule has 1 unspecified atom stereocenters. The molecule has 0 heteroatoms. The quantitative estimate of drug-likeness (QED) is 0.293. The largest absolute Gasteiger partial charge is 0.0669 e. The minimum atomic E-state index is 0.951. The number of rotatable bonds is 11. The summed E-state index contributed by atoms with van der Waals surface area (Å²) in [7, 11) is 0. The van der Waals surface area contributed by atoms with Crippen LogP contribution in [0.25, 0.3) is 0 Å². The van der Waals surface area contributed by atoms with Crippen molar-refractivity contribution in [2.24, 2.45) is 5.92 Å². The third-order valence-corrected chi connectivity index (χ3v) is 4.22. The van der Waals surface area contributed by atoms with Crippen LogP contribution in [0.2, 0.25) is 0 Å². The Morgan fingerprint density at radius 1 is 0.882 bits per heavy atom. The molecule has 0 N–H and O–H groups in total. The van der Waals surface area contributed by atoms with Gasteiger partial charge in [-0.2, -0.15) is 0 Å². The first-order valence-corrected chi connectivity index (χ1v) is 7.97. The molecule has 1 rings (SSSR count). The third-order valence-electron chi connectivity index (χ3n) is 4.22. The second kappa shape index (κ2) is 8.78. The van der Waals surface area contributed by atoms with Gasteiger partial charge in [-0.25, -0.2) is 0 Å². The molecule has 1 aliphatic rings. The van der Waals surface area contributed by atoms with Gasteiger partial charge in [-0.1, -0.05) is 76.9 Å². The highest BCUT2D eigenvalue weighted by atomic mass is 14.2. The highest BCUT2D eigenvalue weighted by Gasteiger charge is 2.18. The highest BCUT2D eigenvalue weighted by Crippen LogP contribution is 2.37. The molecule has 0 saturated heterocycles. The van der Waals surface area contributed by atoms with Crippen molar-refractivity contribution in [3.8, 4) is 0 Å². The maximum Gasteiger partial charge on any atom is -0.0103 e. The lowest BCUT2D eigenvalue weighted by atomic mass is 9.97. The molecule has 0 heterocycles. The number of hydrogen-bond acceptors (Lipinski definition) is 0. The molecule has 0 aromatic heterocycles. The number of unbranched alkanes of at least 4 members (excludes halogenated alkanes) is 5. The van der Waals surface area contributed by atoms with Gasteiger partial charge in [-0.05, 0) is 31.6 Å². The van der Waals surface area contributed by atoms with Crippen LogP contribution in [0.15, 0.2) is 11.1 Å². The Bertz CT molecular complexity index is 224. The van der Waals surface area contributed by atoms with E-state index >= 15 is 0 Å². The van der Waals surface area contributed by atoms with Crippen LogP contribution < -0.4 is 0 Å². The van der Waals surface area contributed by atoms with Crippen LogP contribution in [0.3, 0.4) is 0 Å². The van der Waals surface area contributed by atoms with E-state index in [4.69, 9.17) is 0 Å². The van der Waals surface area contributed by atoms with Crippen LogP contribution in [0.5, 0.6) is 0 Å². The SMILES string of the molecule is CCCCCCCCC(C)CCC1=C(CC)C1. The molecule has 0 bridgehead atoms. The topological polar surface area (TPSA) is 0 Å². The molecule has 0 aliphatic heterocycles. The fourth-order valence-corrected chi connectivity index (χ4v) is 2.69. The average Bonchev–Trinajstić information content (AvgIpc) is 3.09. The number of allylic oxidation sites excluding steroid dienone is 2. The zero-order chi connectivity index (χ0) is 12.5. The fourth-order valence-electron chi connectivity index (χ4n) is 2.69. The first-order valence-electron chi connectivity index (χ1n) is 7.97. The van der Waals surface area contributed by atoms with Gasteiger partial charge in [0.1, 0.15) is 0 Å². The third kappa shape index (κ3) is 6.91. The van der Waals surface area contributed by atoms with Crippen LogP contribution in [0, 0.1) is 5.92 Å². The van der Waals surface area contributed by atoms with E-state index in [0.29, 0.717) is 0 Å². The van der Waals surface area contributed by atoms with Crippen molar-refractivity contribution < 1.29 is 0 Å². The summed E-state index contributed by atoms with van der Waals surface area (Å²) in [5.74, 6) is 0.951. The number of hydrogen-bond donors (Lipinski definition) is 0. The summed E-state index contributed by atoms with van der Waals surface area (Å²) >= 11 is 0. The molecular weight excluding hydrogens is 204 g/mol. The van der Waals surface area contributed by atoms with E-state index in [-0.39, 0.29) is 0 Å². The van der Waals surface area contributed by atoms with E-state index in [2.05, 4.69) is 20.8 Å². The van der Waals surface area contributed by atoms with Crippen molar-refractivity contribution in [2.45, 2.75) is 91.4 Å². The van der Waals surface area contributed by atoms with Crippen LogP contribution >= 0.6 is 0 Å². The van der Waals surface area contributed by atoms with Crippen LogP contribution in [-0.4, -0.2) is 0 Å². The minimum absolute atomic E-state index is 0.951. The summed E-state index contributed by atoms with van der Waals surface area (Å²) in [5, 5.41) is 0. The highest BCUT2D eigenvalue weighted by molar-refractivity contribution is 5.34. The molecule has 0 radical (unpaired) electrons. The Morgan fingerprint density at radius 3 is 2.24 bits per heavy atom. The van der Waals surface area contributed by atoms with Gasteiger partial charge < -0.3 is 0 Å². The van der Waals surface area contributed by atoms with Crippen LogP contribution in [0.1, 0.15) is 91.4 Å². The molecule has 1 aliphatic carbocycles. The lowest BCUT2D eigenvalue weighted by Crippen LogP contribution is -1.94. The van der Waals surface area contributed by atoms with Crippen LogP contribution in [0.4, 0.5) is 0 Å². The molecule has 0 saturated carbocycles. The minimum Gasteiger partial charge on any atom is -0.0669 e. The predicted octanol–water partition coefficient (Wildman–Crippen LogP) is 6.26. The molecule has 100 valence electrons. The Balaban J connectivity index is 1.88. The first-order chi connectivity index (χ1) is 8.27. The smallest absolute Gasteiger partial charge is 0.0103 e. The molecule has 0 spiro atoms. The van der Waals surface area contributed by atoms with E-state index in [0.717, 1.165) is 5.92 Å². The van der Waals surface area contributed by atoms with E-state index in [9.17, 15) is 0 Å². The summed E-state index contributed by atoms with van der Waals surface area (Å²) in [6.45, 7) is 7.03. The van der Waals surface area contributed by atoms with Crippen molar-refractivity contribution >= 4 is 0 Å². The monoisotopic (exact) mass is 236 g/mol. The summed E-state index contributed by atoms with van der Waals surface area (Å²) in [4.78, 5) is 0. The van der Waals surface area contributed by atoms with Crippen molar-refractivity contribution in [3.05, 3.63) is 11.1 Å². The summed E-state index contributed by atoms with van der Waals surface area (Å²) < 4.78 is 0. The van der Waals surface area contributed by atoms with E-state index in [1.54, 1.807) is 11.1 Å². The average molecular weight is 236 g/mol. The Kier molecular flexibility index (Phi) is 7.64. The van der Waals surface area contributed by atoms with Gasteiger partial charge in [0.05, 0.1) is 0 Å². The Hall–Kier alpha value is -0.260. The van der Waals surface area contributed by atoms with Crippen molar-refractivity contribution in [1.82, 2.24) is 0 Å². The second-order valence-electron chi connectivity index (χ2n) is 5.94. The maximum atomic E-state index is 2.45. The lowest BCUT2D eigenvalue weighted by Gasteiger charge is -2.09. The zero-order valence-electron chi connectivity index (χ0n) is 12.4. The van der Waals surface area contributed by atoms with Gasteiger partial charge in [0, 0.05) is 0 Å². The summed E-state index contributed by atoms with van der Waals surface area (Å²) in [6.07, 6.45) is 15.6. The predicted molar refractivity (Wildman–Crippen MR) is 78.3 cm³/mol. The van der Waals surface area contributed by atoms with Crippen molar-refractivity contribution in [2.75, 3.05) is 0 Å². The Morgan fingerprint density at radius 2 is 1.59 bits per heavy atom. The standard InChI is InChI=1S/C17H32/c1-4-6-7-8-9-10-11-15(3)12-13-17-14-16(17)5-2/h15H,4-14H2,1-3H3. The lowest BCUT2D eigenvalue weighted by molar-refractivity contribution is 0.457. The van der Waals surface area contributed by atoms with Crippen molar-refractivity contribution in [3.63, 3.8) is 0 Å². The van der Waals surface area contributed by atoms with Gasteiger partial charge in [0.25, 0.3) is 0 Å². The summed E-state index contributed by atoms with van der Waals surface area (Å²) in [6, 6.07) is 0. The van der Waals surface area contributed by atoms with Gasteiger partial charge >= 0.3 is 0 Å². The molecule has 0 fully saturated rings. The fraction of sp³-hybridized carbons (Fsp3) is 0.882. The molecule has 0 nitrogen and oxygen atoms in total. The normalized spacial score (nSPS) is 16.4. The second-order valence-corrected chi connectivity index (χ2v) is 5.94. The molecule has 0 amide bonds. The van der Waals surface area contributed by atoms with Gasteiger partial charge in [-0.3, -0.25) is 0 Å². The van der Waals surface area contributed by atoms with Crippen molar-refractivity contribution in [1.29, 1.82) is 0 Å². The molecule has 1 atom stereocenters. The van der Waals surface area contributed by atoms with Gasteiger partial charge in [-0.15, -0.1) is 0 Å². The molecule has 0 aromatic rings. The Labute approximate surface area is 109 Å². The molecule has 17 heavy (non-hydrogen) atoms. The zero-order valence-corrected chi connectivity index (χ0v) is 12.4. The van der Waals surface area contributed by atoms with E-state index in [1.807, 2.05) is 0 Å². The first kappa shape index (κ1) is 14.8. The van der Waals surface area contributed by atoms with Gasteiger partial charge in [0.15, 0.2) is 0 Å². The van der Waals surface area contributed by atoms with E-state index < -0.39 is 0 Å². The summed E-state index contributed by atoms with van der Waals surface area (Å²) in [5.41, 5.74) is 3.55. The van der Waals surface area contributed by atoms with Crippen LogP contribution in [-0.2, 0) is 0 Å². The molecular formula is C17H32. The van der Waals surface area contributed by atoms with Gasteiger partial charge in [0.2, 0.25) is 0 Å². The maximum absolute atomic E-state index is 2.45.